The normalized spacial score (nSPS) is 9.93. The van der Waals surface area contributed by atoms with Crippen molar-refractivity contribution in [1.82, 2.24) is 4.98 Å². The molecule has 0 radical (unpaired) electrons. The van der Waals surface area contributed by atoms with Crippen molar-refractivity contribution in [2.75, 3.05) is 11.1 Å². The summed E-state index contributed by atoms with van der Waals surface area (Å²) < 4.78 is 0. The van der Waals surface area contributed by atoms with Crippen molar-refractivity contribution in [2.45, 2.75) is 6.92 Å². The van der Waals surface area contributed by atoms with Crippen LogP contribution in [-0.4, -0.2) is 4.98 Å². The van der Waals surface area contributed by atoms with Crippen LogP contribution in [0, 0.1) is 6.92 Å². The van der Waals surface area contributed by atoms with Crippen molar-refractivity contribution in [2.24, 2.45) is 0 Å². The minimum atomic E-state index is 0.533. The summed E-state index contributed by atoms with van der Waals surface area (Å²) in [6.07, 6.45) is 1.72. The van der Waals surface area contributed by atoms with E-state index in [0.29, 0.717) is 5.82 Å². The predicted octanol–water partition coefficient (Wildman–Crippen LogP) is 2.72. The number of aryl methyl sites for hydroxylation is 1. The molecule has 0 saturated heterocycles. The minimum Gasteiger partial charge on any atom is -0.384 e. The highest BCUT2D eigenvalue weighted by Crippen LogP contribution is 2.19. The zero-order valence-corrected chi connectivity index (χ0v) is 8.57. The molecule has 0 unspecified atom stereocenters. The van der Waals surface area contributed by atoms with Crippen LogP contribution in [0.15, 0.2) is 42.6 Å². The number of nitrogens with two attached hydrogens (primary N) is 1. The lowest BCUT2D eigenvalue weighted by atomic mass is 10.2. The Morgan fingerprint density at radius 3 is 2.60 bits per heavy atom. The van der Waals surface area contributed by atoms with Crippen molar-refractivity contribution in [3.05, 3.63) is 48.2 Å². The van der Waals surface area contributed by atoms with E-state index in [1.165, 1.54) is 5.56 Å². The number of rotatable bonds is 2. The number of aromatic nitrogens is 1. The van der Waals surface area contributed by atoms with Crippen molar-refractivity contribution >= 4 is 17.2 Å². The van der Waals surface area contributed by atoms with Gasteiger partial charge in [0.05, 0.1) is 11.9 Å². The number of pyridine rings is 1. The van der Waals surface area contributed by atoms with Gasteiger partial charge in [0.25, 0.3) is 0 Å². The van der Waals surface area contributed by atoms with Crippen LogP contribution in [0.5, 0.6) is 0 Å². The first-order chi connectivity index (χ1) is 7.25. The maximum Gasteiger partial charge on any atom is 0.123 e. The molecule has 76 valence electrons. The van der Waals surface area contributed by atoms with Crippen LogP contribution >= 0.6 is 0 Å². The van der Waals surface area contributed by atoms with Crippen molar-refractivity contribution in [3.8, 4) is 0 Å². The zero-order chi connectivity index (χ0) is 10.7. The van der Waals surface area contributed by atoms with Crippen molar-refractivity contribution in [1.29, 1.82) is 0 Å². The molecule has 0 saturated carbocycles. The number of nitrogens with zero attached hydrogens (tertiary/aromatic N) is 1. The van der Waals surface area contributed by atoms with Crippen molar-refractivity contribution < 1.29 is 0 Å². The van der Waals surface area contributed by atoms with E-state index in [4.69, 9.17) is 5.73 Å². The molecule has 0 bridgehead atoms. The van der Waals surface area contributed by atoms with Gasteiger partial charge in [0.15, 0.2) is 0 Å². The third kappa shape index (κ3) is 2.26. The third-order valence-electron chi connectivity index (χ3n) is 2.21. The molecule has 0 aliphatic heterocycles. The number of hydrogen-bond donors (Lipinski definition) is 2. The molecule has 1 heterocycles. The first-order valence-electron chi connectivity index (χ1n) is 4.80. The fraction of sp³-hybridized carbons (Fsp3) is 0.0833. The topological polar surface area (TPSA) is 50.9 Å². The molecule has 0 aliphatic rings. The summed E-state index contributed by atoms with van der Waals surface area (Å²) in [5, 5.41) is 3.28. The highest BCUT2D eigenvalue weighted by atomic mass is 14.9. The molecular formula is C12H13N3. The Morgan fingerprint density at radius 1 is 1.13 bits per heavy atom. The van der Waals surface area contributed by atoms with Gasteiger partial charge in [-0.2, -0.15) is 0 Å². The van der Waals surface area contributed by atoms with E-state index in [9.17, 15) is 0 Å². The molecule has 1 aromatic heterocycles. The van der Waals surface area contributed by atoms with Gasteiger partial charge in [-0.3, -0.25) is 0 Å². The van der Waals surface area contributed by atoms with Gasteiger partial charge in [0, 0.05) is 5.69 Å². The molecule has 0 aliphatic carbocycles. The lowest BCUT2D eigenvalue weighted by molar-refractivity contribution is 1.32. The van der Waals surface area contributed by atoms with Gasteiger partial charge in [-0.05, 0) is 30.7 Å². The van der Waals surface area contributed by atoms with Crippen LogP contribution in [-0.2, 0) is 0 Å². The molecule has 3 N–H and O–H groups in total. The summed E-state index contributed by atoms with van der Waals surface area (Å²) >= 11 is 0. The summed E-state index contributed by atoms with van der Waals surface area (Å²) in [6.45, 7) is 2.06. The molecule has 2 aromatic rings. The number of para-hydroxylation sites is 1. The quantitative estimate of drug-likeness (QED) is 0.781. The largest absolute Gasteiger partial charge is 0.384 e. The van der Waals surface area contributed by atoms with E-state index >= 15 is 0 Å². The Bertz CT molecular complexity index is 449. The van der Waals surface area contributed by atoms with Gasteiger partial charge in [-0.15, -0.1) is 0 Å². The van der Waals surface area contributed by atoms with Crippen LogP contribution in [0.4, 0.5) is 17.2 Å². The van der Waals surface area contributed by atoms with E-state index in [1.54, 1.807) is 12.3 Å². The highest BCUT2D eigenvalue weighted by Gasteiger charge is 1.97. The minimum absolute atomic E-state index is 0.533. The number of benzene rings is 1. The van der Waals surface area contributed by atoms with Crippen molar-refractivity contribution in [3.63, 3.8) is 0 Å². The van der Waals surface area contributed by atoms with Gasteiger partial charge < -0.3 is 11.1 Å². The third-order valence-corrected chi connectivity index (χ3v) is 2.21. The second kappa shape index (κ2) is 4.00. The summed E-state index contributed by atoms with van der Waals surface area (Å²) in [5.41, 5.74) is 8.74. The van der Waals surface area contributed by atoms with E-state index in [0.717, 1.165) is 11.4 Å². The second-order valence-electron chi connectivity index (χ2n) is 3.41. The summed E-state index contributed by atoms with van der Waals surface area (Å²) in [7, 11) is 0. The summed E-state index contributed by atoms with van der Waals surface area (Å²) in [6, 6.07) is 11.8. The van der Waals surface area contributed by atoms with E-state index < -0.39 is 0 Å². The van der Waals surface area contributed by atoms with E-state index in [2.05, 4.69) is 23.3 Å². The molecule has 0 fully saturated rings. The Labute approximate surface area is 89.0 Å². The SMILES string of the molecule is Cc1ccccc1Nc1ccc(N)nc1. The van der Waals surface area contributed by atoms with Gasteiger partial charge in [-0.1, -0.05) is 18.2 Å². The fourth-order valence-corrected chi connectivity index (χ4v) is 1.35. The van der Waals surface area contributed by atoms with Crippen LogP contribution in [0.1, 0.15) is 5.56 Å². The molecule has 3 heteroatoms. The summed E-state index contributed by atoms with van der Waals surface area (Å²) in [4.78, 5) is 4.02. The molecule has 3 nitrogen and oxygen atoms in total. The molecule has 0 spiro atoms. The lowest BCUT2D eigenvalue weighted by Crippen LogP contribution is -1.95. The highest BCUT2D eigenvalue weighted by molar-refractivity contribution is 5.62. The maximum absolute atomic E-state index is 5.51. The number of anilines is 3. The zero-order valence-electron chi connectivity index (χ0n) is 8.57. The van der Waals surface area contributed by atoms with Crippen LogP contribution in [0.3, 0.4) is 0 Å². The monoisotopic (exact) mass is 199 g/mol. The molecule has 0 atom stereocenters. The fourth-order valence-electron chi connectivity index (χ4n) is 1.35. The van der Waals surface area contributed by atoms with E-state index in [-0.39, 0.29) is 0 Å². The molecule has 0 amide bonds. The summed E-state index contributed by atoms with van der Waals surface area (Å²) in [5.74, 6) is 0.533. The Kier molecular flexibility index (Phi) is 2.54. The van der Waals surface area contributed by atoms with Gasteiger partial charge >= 0.3 is 0 Å². The lowest BCUT2D eigenvalue weighted by Gasteiger charge is -2.08. The Balaban J connectivity index is 2.22. The number of nitrogens with one attached hydrogen (secondary N) is 1. The number of hydrogen-bond acceptors (Lipinski definition) is 3. The molecule has 1 aromatic carbocycles. The molecular weight excluding hydrogens is 186 g/mol. The Morgan fingerprint density at radius 2 is 1.93 bits per heavy atom. The smallest absolute Gasteiger partial charge is 0.123 e. The maximum atomic E-state index is 5.51. The first-order valence-corrected chi connectivity index (χ1v) is 4.80. The van der Waals surface area contributed by atoms with Gasteiger partial charge in [-0.25, -0.2) is 4.98 Å². The van der Waals surface area contributed by atoms with E-state index in [1.807, 2.05) is 24.3 Å². The average molecular weight is 199 g/mol. The van der Waals surface area contributed by atoms with Crippen LogP contribution in [0.25, 0.3) is 0 Å². The molecule has 2 rings (SSSR count). The average Bonchev–Trinajstić information content (AvgIpc) is 2.25. The number of nitrogen functional groups attached to an aromatic ring is 1. The second-order valence-corrected chi connectivity index (χ2v) is 3.41. The first kappa shape index (κ1) is 9.52. The van der Waals surface area contributed by atoms with Crippen LogP contribution < -0.4 is 11.1 Å². The van der Waals surface area contributed by atoms with Gasteiger partial charge in [0.2, 0.25) is 0 Å². The van der Waals surface area contributed by atoms with Crippen LogP contribution in [0.2, 0.25) is 0 Å². The van der Waals surface area contributed by atoms with Gasteiger partial charge in [0.1, 0.15) is 5.82 Å². The molecule has 15 heavy (non-hydrogen) atoms. The Hall–Kier alpha value is -2.03. The predicted molar refractivity (Wildman–Crippen MR) is 63.1 cm³/mol. The standard InChI is InChI=1S/C12H13N3/c1-9-4-2-3-5-11(9)15-10-6-7-12(13)14-8-10/h2-8,15H,1H3,(H2,13,14).